The molecule has 122 valence electrons. The number of aryl methyl sites for hydroxylation is 2. The van der Waals surface area contributed by atoms with Crippen molar-refractivity contribution in [2.45, 2.75) is 26.8 Å². The van der Waals surface area contributed by atoms with Gasteiger partial charge in [-0.3, -0.25) is 4.98 Å². The first-order valence-electron chi connectivity index (χ1n) is 8.08. The normalized spacial score (nSPS) is 10.4. The molecule has 0 saturated heterocycles. The number of para-hydroxylation sites is 1. The third-order valence-electron chi connectivity index (χ3n) is 3.72. The van der Waals surface area contributed by atoms with Crippen LogP contribution >= 0.6 is 0 Å². The van der Waals surface area contributed by atoms with Gasteiger partial charge in [-0.15, -0.1) is 0 Å². The number of hydrogen-bond donors (Lipinski definition) is 2. The molecular formula is C19H21N5. The van der Waals surface area contributed by atoms with Crippen LogP contribution in [0, 0.1) is 6.92 Å². The Labute approximate surface area is 142 Å². The van der Waals surface area contributed by atoms with Gasteiger partial charge in [0.1, 0.15) is 17.5 Å². The quantitative estimate of drug-likeness (QED) is 0.716. The largest absolute Gasteiger partial charge is 0.366 e. The maximum atomic E-state index is 4.49. The molecule has 0 aliphatic carbocycles. The lowest BCUT2D eigenvalue weighted by molar-refractivity contribution is 1.02. The monoisotopic (exact) mass is 319 g/mol. The molecule has 0 spiro atoms. The van der Waals surface area contributed by atoms with E-state index in [0.717, 1.165) is 35.1 Å². The third-order valence-corrected chi connectivity index (χ3v) is 3.72. The number of aromatic nitrogens is 3. The molecule has 0 amide bonds. The lowest BCUT2D eigenvalue weighted by atomic mass is 10.1. The minimum absolute atomic E-state index is 0.698. The number of hydrogen-bond acceptors (Lipinski definition) is 5. The fraction of sp³-hybridized carbons (Fsp3) is 0.211. The van der Waals surface area contributed by atoms with Gasteiger partial charge >= 0.3 is 0 Å². The van der Waals surface area contributed by atoms with E-state index >= 15 is 0 Å². The van der Waals surface area contributed by atoms with Crippen LogP contribution in [0.4, 0.5) is 17.3 Å². The van der Waals surface area contributed by atoms with Gasteiger partial charge in [-0.05, 0) is 42.7 Å². The van der Waals surface area contributed by atoms with E-state index in [2.05, 4.69) is 50.7 Å². The zero-order valence-electron chi connectivity index (χ0n) is 14.0. The van der Waals surface area contributed by atoms with Gasteiger partial charge in [0.25, 0.3) is 0 Å². The summed E-state index contributed by atoms with van der Waals surface area (Å²) in [6.07, 6.45) is 4.55. The molecule has 0 radical (unpaired) electrons. The predicted octanol–water partition coefficient (Wildman–Crippen LogP) is 4.10. The minimum Gasteiger partial charge on any atom is -0.366 e. The highest BCUT2D eigenvalue weighted by Crippen LogP contribution is 2.21. The zero-order valence-corrected chi connectivity index (χ0v) is 14.0. The van der Waals surface area contributed by atoms with E-state index < -0.39 is 0 Å². The highest BCUT2D eigenvalue weighted by molar-refractivity contribution is 5.62. The highest BCUT2D eigenvalue weighted by atomic mass is 15.1. The molecule has 0 aliphatic heterocycles. The van der Waals surface area contributed by atoms with E-state index in [0.29, 0.717) is 6.54 Å². The van der Waals surface area contributed by atoms with Crippen LogP contribution in [-0.2, 0) is 13.0 Å². The second kappa shape index (κ2) is 7.55. The Morgan fingerprint density at radius 3 is 2.50 bits per heavy atom. The Morgan fingerprint density at radius 2 is 1.71 bits per heavy atom. The number of nitrogens with one attached hydrogen (secondary N) is 2. The second-order valence-electron chi connectivity index (χ2n) is 5.53. The molecular weight excluding hydrogens is 298 g/mol. The lowest BCUT2D eigenvalue weighted by Crippen LogP contribution is -2.05. The van der Waals surface area contributed by atoms with E-state index in [1.54, 1.807) is 12.4 Å². The van der Waals surface area contributed by atoms with Crippen molar-refractivity contribution in [1.82, 2.24) is 15.0 Å². The maximum absolute atomic E-state index is 4.49. The highest BCUT2D eigenvalue weighted by Gasteiger charge is 2.05. The fourth-order valence-electron chi connectivity index (χ4n) is 2.50. The van der Waals surface area contributed by atoms with Gasteiger partial charge < -0.3 is 10.6 Å². The summed E-state index contributed by atoms with van der Waals surface area (Å²) < 4.78 is 0. The van der Waals surface area contributed by atoms with Gasteiger partial charge in [0.05, 0.1) is 0 Å². The SMILES string of the molecule is CCc1ccccc1Nc1cc(NCc2ccncc2)nc(C)n1. The zero-order chi connectivity index (χ0) is 16.8. The van der Waals surface area contributed by atoms with Gasteiger partial charge in [0.2, 0.25) is 0 Å². The second-order valence-corrected chi connectivity index (χ2v) is 5.53. The topological polar surface area (TPSA) is 62.7 Å². The molecule has 0 aliphatic rings. The summed E-state index contributed by atoms with van der Waals surface area (Å²) in [7, 11) is 0. The number of benzene rings is 1. The van der Waals surface area contributed by atoms with E-state index in [9.17, 15) is 0 Å². The van der Waals surface area contributed by atoms with Gasteiger partial charge in [0.15, 0.2) is 0 Å². The van der Waals surface area contributed by atoms with E-state index in [-0.39, 0.29) is 0 Å². The Hall–Kier alpha value is -2.95. The first-order valence-corrected chi connectivity index (χ1v) is 8.08. The van der Waals surface area contributed by atoms with Crippen molar-refractivity contribution in [1.29, 1.82) is 0 Å². The summed E-state index contributed by atoms with van der Waals surface area (Å²) in [4.78, 5) is 13.0. The number of anilines is 3. The van der Waals surface area contributed by atoms with Crippen LogP contribution in [-0.4, -0.2) is 15.0 Å². The van der Waals surface area contributed by atoms with Crippen molar-refractivity contribution in [2.75, 3.05) is 10.6 Å². The molecule has 0 saturated carbocycles. The Bertz CT molecular complexity index is 802. The third kappa shape index (κ3) is 4.07. The van der Waals surface area contributed by atoms with Gasteiger partial charge in [0, 0.05) is 30.7 Å². The Morgan fingerprint density at radius 1 is 0.958 bits per heavy atom. The van der Waals surface area contributed by atoms with Crippen LogP contribution in [0.25, 0.3) is 0 Å². The van der Waals surface area contributed by atoms with Crippen LogP contribution in [0.2, 0.25) is 0 Å². The predicted molar refractivity (Wildman–Crippen MR) is 97.4 cm³/mol. The van der Waals surface area contributed by atoms with Crippen LogP contribution in [0.3, 0.4) is 0 Å². The van der Waals surface area contributed by atoms with Crippen LogP contribution < -0.4 is 10.6 Å². The Balaban J connectivity index is 1.76. The average molecular weight is 319 g/mol. The summed E-state index contributed by atoms with van der Waals surface area (Å²) in [5, 5.41) is 6.74. The first kappa shape index (κ1) is 15.9. The van der Waals surface area contributed by atoms with Crippen molar-refractivity contribution in [3.63, 3.8) is 0 Å². The van der Waals surface area contributed by atoms with Gasteiger partial charge in [-0.2, -0.15) is 0 Å². The van der Waals surface area contributed by atoms with Gasteiger partial charge in [-0.25, -0.2) is 9.97 Å². The molecule has 1 aromatic carbocycles. The van der Waals surface area contributed by atoms with E-state index in [1.165, 1.54) is 5.56 Å². The Kier molecular flexibility index (Phi) is 5.01. The number of pyridine rings is 1. The summed E-state index contributed by atoms with van der Waals surface area (Å²) >= 11 is 0. The van der Waals surface area contributed by atoms with Crippen molar-refractivity contribution in [2.24, 2.45) is 0 Å². The minimum atomic E-state index is 0.698. The maximum Gasteiger partial charge on any atom is 0.136 e. The molecule has 0 fully saturated rings. The molecule has 2 N–H and O–H groups in total. The molecule has 5 nitrogen and oxygen atoms in total. The van der Waals surface area contributed by atoms with Crippen molar-refractivity contribution >= 4 is 17.3 Å². The fourth-order valence-corrected chi connectivity index (χ4v) is 2.50. The molecule has 0 atom stereocenters. The first-order chi connectivity index (χ1) is 11.7. The summed E-state index contributed by atoms with van der Waals surface area (Å²) in [5.74, 6) is 2.32. The van der Waals surface area contributed by atoms with Crippen LogP contribution in [0.5, 0.6) is 0 Å². The van der Waals surface area contributed by atoms with E-state index in [1.807, 2.05) is 31.2 Å². The number of nitrogens with zero attached hydrogens (tertiary/aromatic N) is 3. The number of rotatable bonds is 6. The van der Waals surface area contributed by atoms with Crippen molar-refractivity contribution in [3.05, 3.63) is 71.8 Å². The van der Waals surface area contributed by atoms with Crippen molar-refractivity contribution in [3.8, 4) is 0 Å². The standard InChI is InChI=1S/C19H21N5/c1-3-16-6-4-5-7-17(16)24-19-12-18(22-14(2)23-19)21-13-15-8-10-20-11-9-15/h4-12H,3,13H2,1-2H3,(H2,21,22,23,24). The van der Waals surface area contributed by atoms with Crippen molar-refractivity contribution < 1.29 is 0 Å². The van der Waals surface area contributed by atoms with E-state index in [4.69, 9.17) is 0 Å². The van der Waals surface area contributed by atoms with Gasteiger partial charge in [-0.1, -0.05) is 25.1 Å². The summed E-state index contributed by atoms with van der Waals surface area (Å²) in [6.45, 7) is 4.74. The molecule has 2 aromatic heterocycles. The molecule has 2 heterocycles. The molecule has 0 bridgehead atoms. The average Bonchev–Trinajstić information content (AvgIpc) is 2.61. The molecule has 0 unspecified atom stereocenters. The summed E-state index contributed by atoms with van der Waals surface area (Å²) in [5.41, 5.74) is 3.50. The molecule has 3 rings (SSSR count). The van der Waals surface area contributed by atoms with Crippen LogP contribution in [0.15, 0.2) is 54.9 Å². The molecule has 5 heteroatoms. The summed E-state index contributed by atoms with van der Waals surface area (Å²) in [6, 6.07) is 14.2. The lowest BCUT2D eigenvalue weighted by Gasteiger charge is -2.12. The van der Waals surface area contributed by atoms with Crippen LogP contribution in [0.1, 0.15) is 23.9 Å². The molecule has 3 aromatic rings. The smallest absolute Gasteiger partial charge is 0.136 e. The molecule has 24 heavy (non-hydrogen) atoms.